The zero-order valence-corrected chi connectivity index (χ0v) is 23.9. The molecule has 2 nitrogen and oxygen atoms in total. The van der Waals surface area contributed by atoms with Gasteiger partial charge in [-0.1, -0.05) is 50.1 Å². The van der Waals surface area contributed by atoms with Gasteiger partial charge in [0.2, 0.25) is 0 Å². The molecule has 0 amide bonds. The molecule has 1 fully saturated rings. The maximum Gasteiger partial charge on any atom is 0.119 e. The van der Waals surface area contributed by atoms with Gasteiger partial charge >= 0.3 is 0 Å². The minimum Gasteiger partial charge on any atom is -0.497 e. The number of hydrogen-bond donors (Lipinski definition) is 0. The normalized spacial score (nSPS) is 13.8. The maximum absolute atomic E-state index is 5.41. The molecule has 0 saturated carbocycles. The van der Waals surface area contributed by atoms with Crippen LogP contribution in [-0.2, 0) is 0 Å². The van der Waals surface area contributed by atoms with E-state index in [1.54, 1.807) is 7.11 Å². The number of hydrogen-bond acceptors (Lipinski definition) is 2. The van der Waals surface area contributed by atoms with Gasteiger partial charge in [-0.25, -0.2) is 0 Å². The van der Waals surface area contributed by atoms with Gasteiger partial charge in [-0.3, -0.25) is 0 Å². The Morgan fingerprint density at radius 3 is 2.00 bits per heavy atom. The van der Waals surface area contributed by atoms with Crippen LogP contribution in [-0.4, -0.2) is 25.1 Å². The summed E-state index contributed by atoms with van der Waals surface area (Å²) in [5.41, 5.74) is 9.33. The van der Waals surface area contributed by atoms with E-state index in [0.29, 0.717) is 0 Å². The average Bonchev–Trinajstić information content (AvgIpc) is 2.80. The molecule has 0 aliphatic carbocycles. The zero-order valence-electron chi connectivity index (χ0n) is 23.1. The lowest BCUT2D eigenvalue weighted by atomic mass is 9.94. The average molecular weight is 476 g/mol. The number of ether oxygens (including phenoxy) is 1. The molecule has 0 atom stereocenters. The second-order valence-corrected chi connectivity index (χ2v) is 8.63. The smallest absolute Gasteiger partial charge is 0.119 e. The monoisotopic (exact) mass is 475 g/mol. The van der Waals surface area contributed by atoms with Crippen molar-refractivity contribution in [1.82, 2.24) is 4.90 Å². The van der Waals surface area contributed by atoms with E-state index < -0.39 is 0 Å². The molecule has 1 aromatic carbocycles. The third-order valence-corrected chi connectivity index (χ3v) is 5.46. The van der Waals surface area contributed by atoms with Crippen molar-refractivity contribution in [2.45, 2.75) is 88.0 Å². The summed E-state index contributed by atoms with van der Waals surface area (Å²) in [5.74, 6) is 0.914. The molecule has 1 saturated heterocycles. The van der Waals surface area contributed by atoms with E-state index in [1.807, 2.05) is 33.8 Å². The molecule has 0 bridgehead atoms. The molecule has 1 aliphatic rings. The van der Waals surface area contributed by atoms with E-state index in [0.717, 1.165) is 12.2 Å². The first-order valence-corrected chi connectivity index (χ1v) is 12.3. The largest absolute Gasteiger partial charge is 0.497 e. The number of methoxy groups -OCH3 is 1. The van der Waals surface area contributed by atoms with Gasteiger partial charge in [-0.05, 0) is 102 Å². The first-order chi connectivity index (χ1) is 15.2. The topological polar surface area (TPSA) is 12.5 Å². The van der Waals surface area contributed by atoms with Gasteiger partial charge in [-0.2, -0.15) is 0 Å². The van der Waals surface area contributed by atoms with Gasteiger partial charge in [0.15, 0.2) is 0 Å². The third-order valence-electron chi connectivity index (χ3n) is 5.46. The van der Waals surface area contributed by atoms with Crippen LogP contribution in [0.15, 0.2) is 64.9 Å². The maximum atomic E-state index is 5.41. The Kier molecular flexibility index (Phi) is 18.6. The Labute approximate surface area is 211 Å². The Morgan fingerprint density at radius 2 is 1.55 bits per heavy atom. The first kappa shape index (κ1) is 33.2. The molecule has 1 aromatic rings. The molecule has 2 rings (SSSR count). The molecule has 0 N–H and O–H groups in total. The van der Waals surface area contributed by atoms with Crippen LogP contribution in [0.1, 0.15) is 93.6 Å². The molecule has 0 aromatic heterocycles. The number of allylic oxidation sites excluding steroid dienone is 7. The van der Waals surface area contributed by atoms with E-state index in [4.69, 9.17) is 4.74 Å². The molecular weight excluding hydrogens is 426 g/mol. The minimum absolute atomic E-state index is 0. The number of rotatable bonds is 6. The summed E-state index contributed by atoms with van der Waals surface area (Å²) in [5, 5.41) is 0. The standard InChI is InChI=1S/C24H35NO.C4H8.C2H6.ClH/c1-7-21(22-12-11-13-23(16-22)26-6)17-24(18(2)3)19(4)20(5)25-14-9-8-10-15-25;1-4(2)3;1-2;/h11-13,16-17H,7-10,14-15H2,1-6H3;1H2,2-3H3;1-2H3;1H/b20-19+,21-17+;;;. The molecule has 0 radical (unpaired) electrons. The van der Waals surface area contributed by atoms with Crippen molar-refractivity contribution in [1.29, 1.82) is 0 Å². The molecule has 0 unspecified atom stereocenters. The Bertz CT molecular complexity index is 787. The summed E-state index contributed by atoms with van der Waals surface area (Å²) in [6.45, 7) is 25.1. The summed E-state index contributed by atoms with van der Waals surface area (Å²) < 4.78 is 5.41. The van der Waals surface area contributed by atoms with Crippen LogP contribution in [0, 0.1) is 0 Å². The van der Waals surface area contributed by atoms with Gasteiger partial charge < -0.3 is 9.64 Å². The molecule has 33 heavy (non-hydrogen) atoms. The van der Waals surface area contributed by atoms with E-state index in [1.165, 1.54) is 71.5 Å². The summed E-state index contributed by atoms with van der Waals surface area (Å²) in [7, 11) is 1.73. The fraction of sp³-hybridized carbons (Fsp3) is 0.533. The van der Waals surface area contributed by atoms with Crippen molar-refractivity contribution in [3.05, 3.63) is 70.5 Å². The van der Waals surface area contributed by atoms with Gasteiger partial charge in [0.05, 0.1) is 7.11 Å². The van der Waals surface area contributed by atoms with Crippen molar-refractivity contribution in [2.24, 2.45) is 0 Å². The summed E-state index contributed by atoms with van der Waals surface area (Å²) in [6.07, 6.45) is 7.38. The number of benzene rings is 1. The highest BCUT2D eigenvalue weighted by atomic mass is 35.5. The van der Waals surface area contributed by atoms with Crippen molar-refractivity contribution in [3.8, 4) is 5.75 Å². The molecule has 3 heteroatoms. The molecule has 188 valence electrons. The van der Waals surface area contributed by atoms with Crippen molar-refractivity contribution in [2.75, 3.05) is 20.2 Å². The predicted octanol–water partition coefficient (Wildman–Crippen LogP) is 9.64. The third kappa shape index (κ3) is 12.2. The fourth-order valence-corrected chi connectivity index (χ4v) is 3.68. The van der Waals surface area contributed by atoms with Crippen LogP contribution in [0.3, 0.4) is 0 Å². The van der Waals surface area contributed by atoms with Crippen LogP contribution in [0.2, 0.25) is 0 Å². The number of halogens is 1. The van der Waals surface area contributed by atoms with E-state index in [2.05, 4.69) is 70.4 Å². The van der Waals surface area contributed by atoms with Gasteiger partial charge in [0.1, 0.15) is 5.75 Å². The lowest BCUT2D eigenvalue weighted by Crippen LogP contribution is -2.28. The lowest BCUT2D eigenvalue weighted by Gasteiger charge is -2.31. The fourth-order valence-electron chi connectivity index (χ4n) is 3.68. The van der Waals surface area contributed by atoms with E-state index >= 15 is 0 Å². The highest BCUT2D eigenvalue weighted by Crippen LogP contribution is 2.29. The summed E-state index contributed by atoms with van der Waals surface area (Å²) in [4.78, 5) is 2.56. The molecule has 1 aliphatic heterocycles. The Balaban J connectivity index is 0. The summed E-state index contributed by atoms with van der Waals surface area (Å²) >= 11 is 0. The van der Waals surface area contributed by atoms with Gasteiger partial charge in [0.25, 0.3) is 0 Å². The highest BCUT2D eigenvalue weighted by molar-refractivity contribution is 5.85. The van der Waals surface area contributed by atoms with Crippen LogP contribution >= 0.6 is 12.4 Å². The van der Waals surface area contributed by atoms with Crippen molar-refractivity contribution >= 4 is 18.0 Å². The summed E-state index contributed by atoms with van der Waals surface area (Å²) in [6, 6.07) is 8.39. The van der Waals surface area contributed by atoms with Gasteiger partial charge in [-0.15, -0.1) is 19.0 Å². The van der Waals surface area contributed by atoms with Gasteiger partial charge in [0, 0.05) is 18.8 Å². The second-order valence-electron chi connectivity index (χ2n) is 8.63. The molecule has 0 spiro atoms. The van der Waals surface area contributed by atoms with Crippen LogP contribution in [0.25, 0.3) is 5.57 Å². The minimum atomic E-state index is 0. The zero-order chi connectivity index (χ0) is 24.7. The Hall–Kier alpha value is -1.93. The predicted molar refractivity (Wildman–Crippen MR) is 153 cm³/mol. The molecule has 1 heterocycles. The number of piperidine rings is 1. The van der Waals surface area contributed by atoms with Crippen LogP contribution in [0.5, 0.6) is 5.75 Å². The Morgan fingerprint density at radius 1 is 1.00 bits per heavy atom. The first-order valence-electron chi connectivity index (χ1n) is 12.3. The van der Waals surface area contributed by atoms with Crippen molar-refractivity contribution < 1.29 is 4.74 Å². The van der Waals surface area contributed by atoms with Crippen LogP contribution in [0.4, 0.5) is 0 Å². The van der Waals surface area contributed by atoms with E-state index in [-0.39, 0.29) is 12.4 Å². The second kappa shape index (κ2) is 18.5. The SMILES string of the molecule is C=C(C)C.CC.CC/C(=C\C(=C(C)C)/C(C)=C(\C)N1CCCCC1)c1cccc(OC)c1.Cl. The quantitative estimate of drug-likeness (QED) is 0.300. The molecular formula is C30H50ClNO. The highest BCUT2D eigenvalue weighted by Gasteiger charge is 2.14. The van der Waals surface area contributed by atoms with E-state index in [9.17, 15) is 0 Å². The number of likely N-dealkylation sites (tertiary alicyclic amines) is 1. The van der Waals surface area contributed by atoms with Crippen LogP contribution < -0.4 is 4.74 Å². The lowest BCUT2D eigenvalue weighted by molar-refractivity contribution is 0.284. The number of nitrogens with zero attached hydrogens (tertiary/aromatic N) is 1. The van der Waals surface area contributed by atoms with Crippen molar-refractivity contribution in [3.63, 3.8) is 0 Å².